The van der Waals surface area contributed by atoms with Gasteiger partial charge in [-0.25, -0.2) is 5.48 Å². The van der Waals surface area contributed by atoms with Crippen LogP contribution in [0.1, 0.15) is 33.6 Å². The average Bonchev–Trinajstić information content (AvgIpc) is 2.42. The van der Waals surface area contributed by atoms with Crippen LogP contribution in [0.3, 0.4) is 0 Å². The van der Waals surface area contributed by atoms with Gasteiger partial charge in [-0.15, -0.1) is 0 Å². The third kappa shape index (κ3) is 2.97. The quantitative estimate of drug-likeness (QED) is 0.671. The molecule has 1 aliphatic heterocycles. The summed E-state index contributed by atoms with van der Waals surface area (Å²) >= 11 is 0. The van der Waals surface area contributed by atoms with Crippen molar-refractivity contribution in [2.24, 2.45) is 0 Å². The van der Waals surface area contributed by atoms with Crippen molar-refractivity contribution in [3.05, 3.63) is 0 Å². The molecule has 1 saturated heterocycles. The Morgan fingerprint density at radius 1 is 1.69 bits per heavy atom. The number of carbonyl (C=O) groups is 1. The lowest BCUT2D eigenvalue weighted by Crippen LogP contribution is -2.35. The SMILES string of the molecule is CCONC(=O)C1CCC(C)(C)O1. The highest BCUT2D eigenvalue weighted by molar-refractivity contribution is 5.80. The average molecular weight is 187 g/mol. The largest absolute Gasteiger partial charge is 0.362 e. The van der Waals surface area contributed by atoms with Gasteiger partial charge in [0.25, 0.3) is 5.91 Å². The van der Waals surface area contributed by atoms with Crippen LogP contribution in [0.25, 0.3) is 0 Å². The van der Waals surface area contributed by atoms with Gasteiger partial charge >= 0.3 is 0 Å². The standard InChI is InChI=1S/C9H17NO3/c1-4-12-10-8(11)7-5-6-9(2,3)13-7/h7H,4-6H2,1-3H3,(H,10,11). The molecule has 1 heterocycles. The van der Waals surface area contributed by atoms with Gasteiger partial charge in [0.1, 0.15) is 6.10 Å². The number of ether oxygens (including phenoxy) is 1. The van der Waals surface area contributed by atoms with Gasteiger partial charge in [0.2, 0.25) is 0 Å². The minimum absolute atomic E-state index is 0.172. The molecule has 1 rings (SSSR count). The van der Waals surface area contributed by atoms with E-state index in [1.54, 1.807) is 0 Å². The van der Waals surface area contributed by atoms with E-state index in [9.17, 15) is 4.79 Å². The fourth-order valence-electron chi connectivity index (χ4n) is 1.38. The Morgan fingerprint density at radius 3 is 2.85 bits per heavy atom. The number of hydroxylamine groups is 1. The molecular weight excluding hydrogens is 170 g/mol. The fraction of sp³-hybridized carbons (Fsp3) is 0.889. The molecule has 1 aliphatic rings. The summed E-state index contributed by atoms with van der Waals surface area (Å²) in [5.41, 5.74) is 2.18. The molecular formula is C9H17NO3. The number of amides is 1. The Kier molecular flexibility index (Phi) is 3.27. The van der Waals surface area contributed by atoms with Gasteiger partial charge in [-0.3, -0.25) is 9.63 Å². The van der Waals surface area contributed by atoms with E-state index in [2.05, 4.69) is 5.48 Å². The van der Waals surface area contributed by atoms with Crippen LogP contribution >= 0.6 is 0 Å². The number of nitrogens with one attached hydrogen (secondary N) is 1. The van der Waals surface area contributed by atoms with Crippen molar-refractivity contribution < 1.29 is 14.4 Å². The lowest BCUT2D eigenvalue weighted by atomic mass is 10.1. The topological polar surface area (TPSA) is 47.6 Å². The summed E-state index contributed by atoms with van der Waals surface area (Å²) in [7, 11) is 0. The zero-order valence-corrected chi connectivity index (χ0v) is 8.42. The Labute approximate surface area is 78.5 Å². The second kappa shape index (κ2) is 4.07. The second-order valence-corrected chi connectivity index (χ2v) is 3.80. The zero-order valence-electron chi connectivity index (χ0n) is 8.42. The van der Waals surface area contributed by atoms with E-state index in [1.165, 1.54) is 0 Å². The molecule has 0 bridgehead atoms. The molecule has 1 unspecified atom stereocenters. The van der Waals surface area contributed by atoms with Crippen molar-refractivity contribution in [3.8, 4) is 0 Å². The number of rotatable bonds is 3. The van der Waals surface area contributed by atoms with E-state index < -0.39 is 0 Å². The first-order valence-corrected chi connectivity index (χ1v) is 4.64. The summed E-state index contributed by atoms with van der Waals surface area (Å²) in [4.78, 5) is 16.1. The van der Waals surface area contributed by atoms with E-state index in [-0.39, 0.29) is 17.6 Å². The van der Waals surface area contributed by atoms with Gasteiger partial charge < -0.3 is 4.74 Å². The highest BCUT2D eigenvalue weighted by Gasteiger charge is 2.35. The molecule has 1 amide bonds. The van der Waals surface area contributed by atoms with Crippen LogP contribution in [0, 0.1) is 0 Å². The smallest absolute Gasteiger partial charge is 0.272 e. The van der Waals surface area contributed by atoms with Gasteiger partial charge in [0, 0.05) is 0 Å². The van der Waals surface area contributed by atoms with Gasteiger partial charge in [0.05, 0.1) is 12.2 Å². The molecule has 0 aromatic rings. The maximum atomic E-state index is 11.3. The first-order chi connectivity index (χ1) is 6.05. The Morgan fingerprint density at radius 2 is 2.38 bits per heavy atom. The van der Waals surface area contributed by atoms with E-state index >= 15 is 0 Å². The molecule has 1 atom stereocenters. The highest BCUT2D eigenvalue weighted by Crippen LogP contribution is 2.29. The summed E-state index contributed by atoms with van der Waals surface area (Å²) in [6.45, 7) is 6.27. The van der Waals surface area contributed by atoms with Crippen LogP contribution in [0.15, 0.2) is 0 Å². The molecule has 76 valence electrons. The Balaban J connectivity index is 2.33. The maximum Gasteiger partial charge on any atom is 0.272 e. The van der Waals surface area contributed by atoms with E-state index in [4.69, 9.17) is 9.57 Å². The van der Waals surface area contributed by atoms with Crippen molar-refractivity contribution in [3.63, 3.8) is 0 Å². The lowest BCUT2D eigenvalue weighted by molar-refractivity contribution is -0.147. The molecule has 0 radical (unpaired) electrons. The molecule has 0 spiro atoms. The van der Waals surface area contributed by atoms with Gasteiger partial charge in [-0.1, -0.05) is 0 Å². The van der Waals surface area contributed by atoms with Crippen LogP contribution in [-0.2, 0) is 14.4 Å². The van der Waals surface area contributed by atoms with Crippen molar-refractivity contribution in [1.82, 2.24) is 5.48 Å². The predicted molar refractivity (Wildman–Crippen MR) is 48.0 cm³/mol. The van der Waals surface area contributed by atoms with Gasteiger partial charge in [0.15, 0.2) is 0 Å². The summed E-state index contributed by atoms with van der Waals surface area (Å²) in [5, 5.41) is 0. The van der Waals surface area contributed by atoms with Crippen molar-refractivity contribution in [2.75, 3.05) is 6.61 Å². The highest BCUT2D eigenvalue weighted by atomic mass is 16.7. The minimum atomic E-state index is -0.346. The first kappa shape index (κ1) is 10.5. The Hall–Kier alpha value is -0.610. The maximum absolute atomic E-state index is 11.3. The van der Waals surface area contributed by atoms with Crippen LogP contribution in [0.2, 0.25) is 0 Å². The molecule has 4 heteroatoms. The zero-order chi connectivity index (χ0) is 9.90. The van der Waals surface area contributed by atoms with Crippen molar-refractivity contribution in [2.45, 2.75) is 45.3 Å². The van der Waals surface area contributed by atoms with E-state index in [0.29, 0.717) is 6.61 Å². The molecule has 0 aromatic carbocycles. The van der Waals surface area contributed by atoms with Gasteiger partial charge in [-0.05, 0) is 33.6 Å². The third-order valence-electron chi connectivity index (χ3n) is 2.08. The number of hydrogen-bond acceptors (Lipinski definition) is 3. The molecule has 4 nitrogen and oxygen atoms in total. The van der Waals surface area contributed by atoms with Crippen LogP contribution in [0.4, 0.5) is 0 Å². The lowest BCUT2D eigenvalue weighted by Gasteiger charge is -2.18. The molecule has 1 fully saturated rings. The van der Waals surface area contributed by atoms with Crippen LogP contribution in [0.5, 0.6) is 0 Å². The predicted octanol–water partition coefficient (Wildman–Crippen LogP) is 1.01. The summed E-state index contributed by atoms with van der Waals surface area (Å²) in [6.07, 6.45) is 1.34. The van der Waals surface area contributed by atoms with Gasteiger partial charge in [-0.2, -0.15) is 0 Å². The molecule has 0 saturated carbocycles. The molecule has 13 heavy (non-hydrogen) atoms. The molecule has 1 N–H and O–H groups in total. The third-order valence-corrected chi connectivity index (χ3v) is 2.08. The number of carbonyl (C=O) groups excluding carboxylic acids is 1. The fourth-order valence-corrected chi connectivity index (χ4v) is 1.38. The van der Waals surface area contributed by atoms with Crippen molar-refractivity contribution in [1.29, 1.82) is 0 Å². The van der Waals surface area contributed by atoms with E-state index in [1.807, 2.05) is 20.8 Å². The molecule has 0 aliphatic carbocycles. The van der Waals surface area contributed by atoms with Crippen molar-refractivity contribution >= 4 is 5.91 Å². The van der Waals surface area contributed by atoms with Crippen LogP contribution < -0.4 is 5.48 Å². The molecule has 0 aromatic heterocycles. The second-order valence-electron chi connectivity index (χ2n) is 3.80. The summed E-state index contributed by atoms with van der Waals surface area (Å²) in [5.74, 6) is -0.174. The van der Waals surface area contributed by atoms with Crippen LogP contribution in [-0.4, -0.2) is 24.2 Å². The summed E-state index contributed by atoms with van der Waals surface area (Å²) in [6, 6.07) is 0. The number of hydrogen-bond donors (Lipinski definition) is 1. The summed E-state index contributed by atoms with van der Waals surface area (Å²) < 4.78 is 5.52. The normalized spacial score (nSPS) is 25.9. The Bertz CT molecular complexity index is 191. The monoisotopic (exact) mass is 187 g/mol. The minimum Gasteiger partial charge on any atom is -0.362 e. The first-order valence-electron chi connectivity index (χ1n) is 4.64. The van der Waals surface area contributed by atoms with E-state index in [0.717, 1.165) is 12.8 Å².